The van der Waals surface area contributed by atoms with Gasteiger partial charge in [0.2, 0.25) is 0 Å². The molecule has 0 saturated carbocycles. The topological polar surface area (TPSA) is 47.1 Å². The van der Waals surface area contributed by atoms with Gasteiger partial charge in [0.05, 0.1) is 0 Å². The molecule has 0 aliphatic carbocycles. The van der Waals surface area contributed by atoms with Crippen molar-refractivity contribution in [3.63, 3.8) is 0 Å². The summed E-state index contributed by atoms with van der Waals surface area (Å²) >= 11 is 5.78. The Kier molecular flexibility index (Phi) is 4.22. The first-order valence-electron chi connectivity index (χ1n) is 4.73. The Hall–Kier alpha value is -0.740. The van der Waals surface area contributed by atoms with Crippen molar-refractivity contribution in [2.75, 3.05) is 26.4 Å². The minimum Gasteiger partial charge on any atom is -0.381 e. The van der Waals surface area contributed by atoms with Gasteiger partial charge in [0.15, 0.2) is 5.82 Å². The van der Waals surface area contributed by atoms with Gasteiger partial charge in [-0.2, -0.15) is 5.10 Å². The maximum Gasteiger partial charge on any atom is 0.164 e. The van der Waals surface area contributed by atoms with Gasteiger partial charge in [-0.25, -0.2) is 0 Å². The minimum atomic E-state index is 0.416. The largest absolute Gasteiger partial charge is 0.381 e. The lowest BCUT2D eigenvalue weighted by molar-refractivity contribution is 0.384. The standard InChI is InChI=1S/C9H17ClN4/c1-13(2)5-3-4-6-14-7-8(10)9(11)12-14/h7H,3-6H2,1-2H3,(H2,11,12). The quantitative estimate of drug-likeness (QED) is 0.759. The normalized spacial score (nSPS) is 11.1. The summed E-state index contributed by atoms with van der Waals surface area (Å²) in [5.41, 5.74) is 5.52. The Morgan fingerprint density at radius 3 is 2.71 bits per heavy atom. The van der Waals surface area contributed by atoms with Gasteiger partial charge in [0.25, 0.3) is 0 Å². The summed E-state index contributed by atoms with van der Waals surface area (Å²) < 4.78 is 1.80. The van der Waals surface area contributed by atoms with Gasteiger partial charge < -0.3 is 10.6 Å². The number of unbranched alkanes of at least 4 members (excludes halogenated alkanes) is 1. The molecule has 0 unspecified atom stereocenters. The zero-order chi connectivity index (χ0) is 10.6. The van der Waals surface area contributed by atoms with Crippen molar-refractivity contribution in [2.45, 2.75) is 19.4 Å². The number of anilines is 1. The van der Waals surface area contributed by atoms with E-state index in [1.807, 2.05) is 0 Å². The number of rotatable bonds is 5. The van der Waals surface area contributed by atoms with Crippen LogP contribution in [0, 0.1) is 0 Å². The van der Waals surface area contributed by atoms with E-state index in [0.717, 1.165) is 25.9 Å². The predicted octanol–water partition coefficient (Wildman–Crippen LogP) is 1.46. The van der Waals surface area contributed by atoms with Crippen molar-refractivity contribution in [1.82, 2.24) is 14.7 Å². The molecule has 1 rings (SSSR count). The number of nitrogens with zero attached hydrogens (tertiary/aromatic N) is 3. The fourth-order valence-electron chi connectivity index (χ4n) is 1.23. The molecule has 14 heavy (non-hydrogen) atoms. The number of aryl methyl sites for hydroxylation is 1. The van der Waals surface area contributed by atoms with E-state index >= 15 is 0 Å². The maximum atomic E-state index is 5.78. The van der Waals surface area contributed by atoms with E-state index in [9.17, 15) is 0 Å². The van der Waals surface area contributed by atoms with Crippen molar-refractivity contribution < 1.29 is 0 Å². The molecule has 0 aromatic carbocycles. The molecule has 80 valence electrons. The monoisotopic (exact) mass is 216 g/mol. The van der Waals surface area contributed by atoms with E-state index in [-0.39, 0.29) is 0 Å². The van der Waals surface area contributed by atoms with Crippen LogP contribution in [0.2, 0.25) is 5.02 Å². The highest BCUT2D eigenvalue weighted by Gasteiger charge is 2.01. The van der Waals surface area contributed by atoms with Crippen LogP contribution in [0.5, 0.6) is 0 Å². The highest BCUT2D eigenvalue weighted by Crippen LogP contribution is 2.15. The molecular weight excluding hydrogens is 200 g/mol. The molecule has 0 fully saturated rings. The number of halogens is 1. The first-order valence-corrected chi connectivity index (χ1v) is 5.10. The summed E-state index contributed by atoms with van der Waals surface area (Å²) in [5, 5.41) is 4.62. The van der Waals surface area contributed by atoms with Gasteiger partial charge in [0, 0.05) is 12.7 Å². The Balaban J connectivity index is 2.25. The summed E-state index contributed by atoms with van der Waals surface area (Å²) in [6.07, 6.45) is 4.02. The molecule has 0 spiro atoms. The molecule has 0 aliphatic rings. The highest BCUT2D eigenvalue weighted by molar-refractivity contribution is 6.32. The Bertz CT molecular complexity index is 263. The second-order valence-electron chi connectivity index (χ2n) is 3.64. The average molecular weight is 217 g/mol. The van der Waals surface area contributed by atoms with Crippen LogP contribution in [-0.4, -0.2) is 35.3 Å². The lowest BCUT2D eigenvalue weighted by Crippen LogP contribution is -2.13. The van der Waals surface area contributed by atoms with Crippen LogP contribution in [0.25, 0.3) is 0 Å². The van der Waals surface area contributed by atoms with Gasteiger partial charge in [-0.1, -0.05) is 11.6 Å². The highest BCUT2D eigenvalue weighted by atomic mass is 35.5. The fraction of sp³-hybridized carbons (Fsp3) is 0.667. The molecule has 1 aromatic rings. The van der Waals surface area contributed by atoms with Crippen LogP contribution in [-0.2, 0) is 6.54 Å². The zero-order valence-electron chi connectivity index (χ0n) is 8.70. The smallest absolute Gasteiger partial charge is 0.164 e. The zero-order valence-corrected chi connectivity index (χ0v) is 9.46. The molecule has 1 heterocycles. The van der Waals surface area contributed by atoms with Crippen LogP contribution in [0.4, 0.5) is 5.82 Å². The van der Waals surface area contributed by atoms with Gasteiger partial charge >= 0.3 is 0 Å². The number of nitrogen functional groups attached to an aromatic ring is 1. The predicted molar refractivity (Wildman–Crippen MR) is 59.4 cm³/mol. The fourth-order valence-corrected chi connectivity index (χ4v) is 1.38. The summed E-state index contributed by atoms with van der Waals surface area (Å²) in [5.74, 6) is 0.416. The Morgan fingerprint density at radius 2 is 2.21 bits per heavy atom. The Morgan fingerprint density at radius 1 is 1.50 bits per heavy atom. The van der Waals surface area contributed by atoms with Crippen molar-refractivity contribution >= 4 is 17.4 Å². The minimum absolute atomic E-state index is 0.416. The van der Waals surface area contributed by atoms with Gasteiger partial charge in [-0.05, 0) is 33.5 Å². The Labute approximate surface area is 89.6 Å². The number of nitrogens with two attached hydrogens (primary N) is 1. The number of aromatic nitrogens is 2. The molecular formula is C9H17ClN4. The van der Waals surface area contributed by atoms with Gasteiger partial charge in [-0.3, -0.25) is 4.68 Å². The lowest BCUT2D eigenvalue weighted by Gasteiger charge is -2.08. The molecule has 0 aliphatic heterocycles. The molecule has 0 amide bonds. The molecule has 0 atom stereocenters. The van der Waals surface area contributed by atoms with E-state index in [1.165, 1.54) is 0 Å². The summed E-state index contributed by atoms with van der Waals surface area (Å²) in [7, 11) is 4.14. The van der Waals surface area contributed by atoms with Crippen molar-refractivity contribution in [3.05, 3.63) is 11.2 Å². The van der Waals surface area contributed by atoms with Crippen molar-refractivity contribution in [1.29, 1.82) is 0 Å². The SMILES string of the molecule is CN(C)CCCCn1cc(Cl)c(N)n1. The average Bonchev–Trinajstić information content (AvgIpc) is 2.40. The summed E-state index contributed by atoms with van der Waals surface area (Å²) in [4.78, 5) is 2.17. The van der Waals surface area contributed by atoms with Crippen LogP contribution < -0.4 is 5.73 Å². The van der Waals surface area contributed by atoms with Crippen LogP contribution in [0.3, 0.4) is 0 Å². The van der Waals surface area contributed by atoms with Crippen molar-refractivity contribution in [2.24, 2.45) is 0 Å². The van der Waals surface area contributed by atoms with E-state index in [1.54, 1.807) is 10.9 Å². The third-order valence-electron chi connectivity index (χ3n) is 1.99. The molecule has 2 N–H and O–H groups in total. The third kappa shape index (κ3) is 3.55. The summed E-state index contributed by atoms with van der Waals surface area (Å²) in [6.45, 7) is 1.98. The van der Waals surface area contributed by atoms with E-state index in [2.05, 4.69) is 24.1 Å². The second kappa shape index (κ2) is 5.22. The van der Waals surface area contributed by atoms with Crippen LogP contribution in [0.15, 0.2) is 6.20 Å². The van der Waals surface area contributed by atoms with Gasteiger partial charge in [-0.15, -0.1) is 0 Å². The third-order valence-corrected chi connectivity index (χ3v) is 2.28. The molecule has 0 bridgehead atoms. The lowest BCUT2D eigenvalue weighted by atomic mass is 10.3. The first kappa shape index (κ1) is 11.3. The maximum absolute atomic E-state index is 5.78. The molecule has 4 nitrogen and oxygen atoms in total. The number of hydrogen-bond acceptors (Lipinski definition) is 3. The van der Waals surface area contributed by atoms with E-state index in [0.29, 0.717) is 10.8 Å². The van der Waals surface area contributed by atoms with Crippen molar-refractivity contribution in [3.8, 4) is 0 Å². The second-order valence-corrected chi connectivity index (χ2v) is 4.04. The first-order chi connectivity index (χ1) is 6.59. The molecule has 0 radical (unpaired) electrons. The molecule has 5 heteroatoms. The van der Waals surface area contributed by atoms with Crippen LogP contribution >= 0.6 is 11.6 Å². The van der Waals surface area contributed by atoms with E-state index in [4.69, 9.17) is 17.3 Å². The molecule has 0 saturated heterocycles. The van der Waals surface area contributed by atoms with Gasteiger partial charge in [0.1, 0.15) is 5.02 Å². The van der Waals surface area contributed by atoms with Crippen LogP contribution in [0.1, 0.15) is 12.8 Å². The number of hydrogen-bond donors (Lipinski definition) is 1. The summed E-state index contributed by atoms with van der Waals surface area (Å²) in [6, 6.07) is 0. The molecule has 1 aromatic heterocycles. The van der Waals surface area contributed by atoms with E-state index < -0.39 is 0 Å².